The first-order chi connectivity index (χ1) is 12.6. The number of ether oxygens (including phenoxy) is 2. The topological polar surface area (TPSA) is 77.6 Å². The van der Waals surface area contributed by atoms with E-state index in [1.165, 1.54) is 4.68 Å². The van der Waals surface area contributed by atoms with Crippen LogP contribution < -0.4 is 9.47 Å². The maximum atomic E-state index is 6.33. The third-order valence-electron chi connectivity index (χ3n) is 3.33. The van der Waals surface area contributed by atoms with E-state index in [4.69, 9.17) is 37.7 Å². The molecule has 1 N–H and O–H groups in total. The quantitative estimate of drug-likeness (QED) is 0.472. The fourth-order valence-electron chi connectivity index (χ4n) is 2.30. The van der Waals surface area contributed by atoms with Gasteiger partial charge in [-0.1, -0.05) is 11.6 Å². The summed E-state index contributed by atoms with van der Waals surface area (Å²) in [5.41, 5.74) is 0.732. The molecule has 0 spiro atoms. The van der Waals surface area contributed by atoms with Gasteiger partial charge in [-0.3, -0.25) is 0 Å². The minimum Gasteiger partial charge on any atom is -0.490 e. The van der Waals surface area contributed by atoms with Crippen molar-refractivity contribution in [2.45, 2.75) is 13.8 Å². The Morgan fingerprint density at radius 1 is 1.35 bits per heavy atom. The van der Waals surface area contributed by atoms with Crippen LogP contribution in [0.5, 0.6) is 11.5 Å². The van der Waals surface area contributed by atoms with Crippen molar-refractivity contribution in [3.05, 3.63) is 45.9 Å². The van der Waals surface area contributed by atoms with Crippen molar-refractivity contribution in [1.29, 1.82) is 0 Å². The van der Waals surface area contributed by atoms with Crippen LogP contribution in [0.25, 0.3) is 11.6 Å². The fraction of sp³-hybridized carbons (Fsp3) is 0.235. The lowest BCUT2D eigenvalue weighted by Crippen LogP contribution is -2.01. The molecule has 0 radical (unpaired) electrons. The summed E-state index contributed by atoms with van der Waals surface area (Å²) in [4.78, 5) is 0. The number of halogens is 1. The molecule has 136 valence electrons. The van der Waals surface area contributed by atoms with Crippen molar-refractivity contribution in [3.8, 4) is 23.1 Å². The van der Waals surface area contributed by atoms with E-state index in [0.29, 0.717) is 46.1 Å². The van der Waals surface area contributed by atoms with Gasteiger partial charge in [0.1, 0.15) is 0 Å². The Balaban J connectivity index is 1.97. The predicted octanol–water partition coefficient (Wildman–Crippen LogP) is 4.53. The Kier molecular flexibility index (Phi) is 5.75. The molecule has 0 aliphatic heterocycles. The summed E-state index contributed by atoms with van der Waals surface area (Å²) in [6, 6.07) is 7.09. The first-order valence-corrected chi connectivity index (χ1v) is 8.77. The highest BCUT2D eigenvalue weighted by Gasteiger charge is 2.13. The lowest BCUT2D eigenvalue weighted by atomic mass is 10.2. The van der Waals surface area contributed by atoms with Gasteiger partial charge in [0.2, 0.25) is 10.6 Å². The molecule has 0 atom stereocenters. The van der Waals surface area contributed by atoms with Crippen LogP contribution in [-0.4, -0.2) is 34.3 Å². The number of rotatable bonds is 7. The van der Waals surface area contributed by atoms with Crippen LogP contribution in [-0.2, 0) is 0 Å². The monoisotopic (exact) mass is 392 g/mol. The van der Waals surface area contributed by atoms with E-state index in [0.717, 1.165) is 5.56 Å². The molecule has 2 heterocycles. The molecule has 2 aromatic heterocycles. The van der Waals surface area contributed by atoms with Gasteiger partial charge in [-0.15, -0.1) is 5.10 Å². The zero-order chi connectivity index (χ0) is 18.5. The second-order valence-electron chi connectivity index (χ2n) is 5.08. The largest absolute Gasteiger partial charge is 0.490 e. The molecule has 9 heteroatoms. The highest BCUT2D eigenvalue weighted by atomic mass is 35.5. The summed E-state index contributed by atoms with van der Waals surface area (Å²) >= 11 is 11.6. The highest BCUT2D eigenvalue weighted by Crippen LogP contribution is 2.36. The second kappa shape index (κ2) is 8.20. The van der Waals surface area contributed by atoms with Crippen LogP contribution in [0.1, 0.15) is 19.4 Å². The minimum absolute atomic E-state index is 0.342. The molecule has 0 bridgehead atoms. The third kappa shape index (κ3) is 3.81. The van der Waals surface area contributed by atoms with E-state index in [2.05, 4.69) is 15.3 Å². The van der Waals surface area contributed by atoms with Gasteiger partial charge >= 0.3 is 0 Å². The average molecular weight is 393 g/mol. The molecule has 7 nitrogen and oxygen atoms in total. The first kappa shape index (κ1) is 18.2. The number of hydrogen-bond donors (Lipinski definition) is 1. The summed E-state index contributed by atoms with van der Waals surface area (Å²) < 4.78 is 18.4. The Labute approximate surface area is 160 Å². The summed E-state index contributed by atoms with van der Waals surface area (Å²) in [5, 5.41) is 11.7. The molecule has 3 aromatic rings. The van der Waals surface area contributed by atoms with Crippen molar-refractivity contribution >= 4 is 30.0 Å². The predicted molar refractivity (Wildman–Crippen MR) is 102 cm³/mol. The van der Waals surface area contributed by atoms with Gasteiger partial charge in [-0.2, -0.15) is 9.78 Å². The highest BCUT2D eigenvalue weighted by molar-refractivity contribution is 7.71. The lowest BCUT2D eigenvalue weighted by Gasteiger charge is -2.13. The van der Waals surface area contributed by atoms with Gasteiger partial charge in [0.25, 0.3) is 0 Å². The van der Waals surface area contributed by atoms with Crippen LogP contribution in [0.3, 0.4) is 0 Å². The van der Waals surface area contributed by atoms with Gasteiger partial charge in [0, 0.05) is 0 Å². The molecule has 0 fully saturated rings. The van der Waals surface area contributed by atoms with Gasteiger partial charge < -0.3 is 13.9 Å². The fourth-order valence-corrected chi connectivity index (χ4v) is 2.75. The number of nitrogens with zero attached hydrogens (tertiary/aromatic N) is 3. The smallest absolute Gasteiger partial charge is 0.219 e. The zero-order valence-corrected chi connectivity index (χ0v) is 15.8. The molecule has 0 unspecified atom stereocenters. The molecule has 0 saturated carbocycles. The number of aromatic amines is 1. The van der Waals surface area contributed by atoms with Crippen LogP contribution in [0.15, 0.2) is 40.0 Å². The maximum absolute atomic E-state index is 6.33. The van der Waals surface area contributed by atoms with E-state index < -0.39 is 0 Å². The Morgan fingerprint density at radius 2 is 2.15 bits per heavy atom. The number of H-pyrrole nitrogens is 1. The molecule has 0 aliphatic rings. The normalized spacial score (nSPS) is 11.2. The Morgan fingerprint density at radius 3 is 2.85 bits per heavy atom. The molecule has 3 rings (SSSR count). The third-order valence-corrected chi connectivity index (χ3v) is 3.88. The Bertz CT molecular complexity index is 963. The van der Waals surface area contributed by atoms with E-state index in [1.54, 1.807) is 36.7 Å². The average Bonchev–Trinajstić information content (AvgIpc) is 3.26. The first-order valence-electron chi connectivity index (χ1n) is 7.98. The maximum Gasteiger partial charge on any atom is 0.219 e. The van der Waals surface area contributed by atoms with Crippen molar-refractivity contribution < 1.29 is 13.9 Å². The molecule has 0 amide bonds. The van der Waals surface area contributed by atoms with Crippen LogP contribution in [0.4, 0.5) is 0 Å². The number of aromatic nitrogens is 3. The van der Waals surface area contributed by atoms with Crippen molar-refractivity contribution in [1.82, 2.24) is 14.9 Å². The van der Waals surface area contributed by atoms with Crippen molar-refractivity contribution in [2.24, 2.45) is 5.10 Å². The summed E-state index contributed by atoms with van der Waals surface area (Å²) in [7, 11) is 0. The molecule has 26 heavy (non-hydrogen) atoms. The molecule has 1 aromatic carbocycles. The van der Waals surface area contributed by atoms with E-state index in [-0.39, 0.29) is 0 Å². The van der Waals surface area contributed by atoms with Crippen LogP contribution in [0.2, 0.25) is 5.02 Å². The molecule has 0 aliphatic carbocycles. The van der Waals surface area contributed by atoms with Gasteiger partial charge in [0.05, 0.1) is 30.7 Å². The van der Waals surface area contributed by atoms with Crippen LogP contribution in [0, 0.1) is 4.77 Å². The van der Waals surface area contributed by atoms with Gasteiger partial charge in [-0.05, 0) is 55.9 Å². The van der Waals surface area contributed by atoms with Gasteiger partial charge in [0.15, 0.2) is 17.3 Å². The number of benzene rings is 1. The van der Waals surface area contributed by atoms with E-state index in [1.807, 2.05) is 13.8 Å². The molecular formula is C17H17ClN4O3S. The van der Waals surface area contributed by atoms with Crippen molar-refractivity contribution in [3.63, 3.8) is 0 Å². The second-order valence-corrected chi connectivity index (χ2v) is 5.88. The SMILES string of the molecule is CCOc1cc(/C=N\n2c(-c3ccco3)n[nH]c2=S)cc(Cl)c1OCC. The van der Waals surface area contributed by atoms with E-state index in [9.17, 15) is 0 Å². The zero-order valence-electron chi connectivity index (χ0n) is 14.2. The summed E-state index contributed by atoms with van der Waals surface area (Å²) in [6.45, 7) is 4.76. The molecule has 0 saturated heterocycles. The number of nitrogens with one attached hydrogen (secondary N) is 1. The summed E-state index contributed by atoms with van der Waals surface area (Å²) in [5.74, 6) is 2.10. The Hall–Kier alpha value is -2.58. The van der Waals surface area contributed by atoms with Gasteiger partial charge in [-0.25, -0.2) is 5.10 Å². The summed E-state index contributed by atoms with van der Waals surface area (Å²) in [6.07, 6.45) is 3.17. The lowest BCUT2D eigenvalue weighted by molar-refractivity contribution is 0.288. The standard InChI is InChI=1S/C17H17ClN4O3S/c1-3-23-14-9-11(8-12(18)15(14)24-4-2)10-19-22-16(20-21-17(22)26)13-6-5-7-25-13/h5-10H,3-4H2,1-2H3,(H,21,26)/b19-10-. The van der Waals surface area contributed by atoms with E-state index >= 15 is 0 Å². The number of furan rings is 1. The minimum atomic E-state index is 0.342. The van der Waals surface area contributed by atoms with Crippen LogP contribution >= 0.6 is 23.8 Å². The van der Waals surface area contributed by atoms with Crippen molar-refractivity contribution in [2.75, 3.05) is 13.2 Å². The molecular weight excluding hydrogens is 376 g/mol. The number of hydrogen-bond acceptors (Lipinski definition) is 6.